The Morgan fingerprint density at radius 2 is 2.13 bits per heavy atom. The second kappa shape index (κ2) is 5.48. The van der Waals surface area contributed by atoms with Crippen molar-refractivity contribution in [2.45, 2.75) is 57.0 Å². The molecule has 86 valence electrons. The minimum absolute atomic E-state index is 0.630. The average Bonchev–Trinajstić information content (AvgIpc) is 2.10. The summed E-state index contributed by atoms with van der Waals surface area (Å²) in [6.07, 6.45) is 7.14. The summed E-state index contributed by atoms with van der Waals surface area (Å²) in [5.74, 6) is 0. The fraction of sp³-hybridized carbons (Fsp3) is 0.917. The van der Waals surface area contributed by atoms with Crippen LogP contribution in [-0.4, -0.2) is 30.1 Å². The Hall–Kier alpha value is -0.590. The molecule has 0 bridgehead atoms. The highest BCUT2D eigenvalue weighted by molar-refractivity contribution is 5.00. The lowest BCUT2D eigenvalue weighted by Crippen LogP contribution is -2.38. The average molecular weight is 209 g/mol. The van der Waals surface area contributed by atoms with Crippen molar-refractivity contribution in [2.75, 3.05) is 13.6 Å². The van der Waals surface area contributed by atoms with Gasteiger partial charge in [-0.3, -0.25) is 0 Å². The van der Waals surface area contributed by atoms with Gasteiger partial charge in [-0.25, -0.2) is 0 Å². The summed E-state index contributed by atoms with van der Waals surface area (Å²) in [6.45, 7) is 2.95. The van der Waals surface area contributed by atoms with Crippen molar-refractivity contribution in [3.05, 3.63) is 0 Å². The Morgan fingerprint density at radius 1 is 1.47 bits per heavy atom. The molecule has 0 aromatic heterocycles. The third-order valence-electron chi connectivity index (χ3n) is 3.41. The number of hydrogen-bond acceptors (Lipinski definition) is 3. The maximum Gasteiger partial charge on any atom is 0.101 e. The van der Waals surface area contributed by atoms with Crippen LogP contribution in [0.25, 0.3) is 0 Å². The number of nitrogens with two attached hydrogens (primary N) is 1. The van der Waals surface area contributed by atoms with Gasteiger partial charge in [0.05, 0.1) is 6.07 Å². The zero-order valence-electron chi connectivity index (χ0n) is 10.00. The van der Waals surface area contributed by atoms with Gasteiger partial charge in [0, 0.05) is 6.04 Å². The molecule has 0 aromatic rings. The first-order valence-corrected chi connectivity index (χ1v) is 5.95. The van der Waals surface area contributed by atoms with Crippen LogP contribution in [0, 0.1) is 11.3 Å². The summed E-state index contributed by atoms with van der Waals surface area (Å²) in [5, 5.41) is 8.75. The molecule has 0 spiro atoms. The Labute approximate surface area is 93.2 Å². The van der Waals surface area contributed by atoms with Gasteiger partial charge in [-0.05, 0) is 52.6 Å². The summed E-state index contributed by atoms with van der Waals surface area (Å²) in [4.78, 5) is 2.45. The van der Waals surface area contributed by atoms with Gasteiger partial charge in [-0.2, -0.15) is 5.26 Å². The first-order chi connectivity index (χ1) is 7.05. The van der Waals surface area contributed by atoms with Gasteiger partial charge in [0.25, 0.3) is 0 Å². The molecule has 0 saturated heterocycles. The molecular formula is C12H23N3. The number of hydrogen-bond donors (Lipinski definition) is 1. The summed E-state index contributed by atoms with van der Waals surface area (Å²) in [5.41, 5.74) is 5.13. The molecule has 1 aliphatic rings. The van der Waals surface area contributed by atoms with Gasteiger partial charge in [0.15, 0.2) is 0 Å². The fourth-order valence-electron chi connectivity index (χ4n) is 1.92. The lowest BCUT2D eigenvalue weighted by atomic mass is 9.91. The third kappa shape index (κ3) is 4.19. The number of nitrogens with zero attached hydrogens (tertiary/aromatic N) is 2. The zero-order valence-corrected chi connectivity index (χ0v) is 10.00. The highest BCUT2D eigenvalue weighted by atomic mass is 15.1. The van der Waals surface area contributed by atoms with E-state index in [4.69, 9.17) is 11.0 Å². The Kier molecular flexibility index (Phi) is 4.56. The number of rotatable bonds is 6. The van der Waals surface area contributed by atoms with E-state index in [0.717, 1.165) is 31.8 Å². The van der Waals surface area contributed by atoms with E-state index in [-0.39, 0.29) is 0 Å². The third-order valence-corrected chi connectivity index (χ3v) is 3.41. The van der Waals surface area contributed by atoms with Crippen molar-refractivity contribution in [2.24, 2.45) is 5.73 Å². The molecule has 15 heavy (non-hydrogen) atoms. The summed E-state index contributed by atoms with van der Waals surface area (Å²) in [6, 6.07) is 2.96. The van der Waals surface area contributed by atoms with E-state index in [1.165, 1.54) is 19.3 Å². The van der Waals surface area contributed by atoms with Crippen molar-refractivity contribution in [3.63, 3.8) is 0 Å². The van der Waals surface area contributed by atoms with Crippen LogP contribution in [0.3, 0.4) is 0 Å². The van der Waals surface area contributed by atoms with Crippen LogP contribution in [0.2, 0.25) is 0 Å². The van der Waals surface area contributed by atoms with Crippen LogP contribution in [-0.2, 0) is 0 Å². The van der Waals surface area contributed by atoms with E-state index in [2.05, 4.69) is 18.0 Å². The molecule has 1 aliphatic carbocycles. The summed E-state index contributed by atoms with van der Waals surface area (Å²) >= 11 is 0. The fourth-order valence-corrected chi connectivity index (χ4v) is 1.92. The number of nitriles is 1. The Bertz CT molecular complexity index is 226. The molecule has 1 atom stereocenters. The van der Waals surface area contributed by atoms with Crippen LogP contribution in [0.1, 0.15) is 45.4 Å². The molecule has 2 N–H and O–H groups in total. The van der Waals surface area contributed by atoms with Crippen molar-refractivity contribution < 1.29 is 0 Å². The van der Waals surface area contributed by atoms with Crippen molar-refractivity contribution >= 4 is 0 Å². The molecule has 0 aromatic carbocycles. The first kappa shape index (κ1) is 12.5. The van der Waals surface area contributed by atoms with Gasteiger partial charge in [0.2, 0.25) is 0 Å². The van der Waals surface area contributed by atoms with Crippen LogP contribution in [0.5, 0.6) is 0 Å². The number of unbranched alkanes of at least 4 members (excludes halogenated alkanes) is 1. The summed E-state index contributed by atoms with van der Waals surface area (Å²) in [7, 11) is 2.20. The maximum absolute atomic E-state index is 8.75. The van der Waals surface area contributed by atoms with E-state index >= 15 is 0 Å². The van der Waals surface area contributed by atoms with Gasteiger partial charge < -0.3 is 10.6 Å². The van der Waals surface area contributed by atoms with Crippen molar-refractivity contribution in [1.82, 2.24) is 4.90 Å². The molecule has 0 aliphatic heterocycles. The van der Waals surface area contributed by atoms with Crippen molar-refractivity contribution in [1.29, 1.82) is 5.26 Å². The van der Waals surface area contributed by atoms with E-state index < -0.39 is 5.54 Å². The Morgan fingerprint density at radius 3 is 2.60 bits per heavy atom. The first-order valence-electron chi connectivity index (χ1n) is 5.95. The molecule has 1 unspecified atom stereocenters. The quantitative estimate of drug-likeness (QED) is 0.680. The molecule has 0 heterocycles. The summed E-state index contributed by atoms with van der Waals surface area (Å²) < 4.78 is 0. The predicted molar refractivity (Wildman–Crippen MR) is 62.3 cm³/mol. The SMILES string of the molecule is CN(CCCCC(C)(N)C#N)C1CCC1. The minimum atomic E-state index is -0.630. The minimum Gasteiger partial charge on any atom is -0.314 e. The highest BCUT2D eigenvalue weighted by Gasteiger charge is 2.21. The van der Waals surface area contributed by atoms with Crippen LogP contribution in [0.4, 0.5) is 0 Å². The molecule has 1 fully saturated rings. The smallest absolute Gasteiger partial charge is 0.101 e. The lowest BCUT2D eigenvalue weighted by Gasteiger charge is -2.34. The predicted octanol–water partition coefficient (Wildman–Crippen LogP) is 1.88. The largest absolute Gasteiger partial charge is 0.314 e. The van der Waals surface area contributed by atoms with Crippen molar-refractivity contribution in [3.8, 4) is 6.07 Å². The van der Waals surface area contributed by atoms with E-state index in [0.29, 0.717) is 0 Å². The topological polar surface area (TPSA) is 53.0 Å². The van der Waals surface area contributed by atoms with Crippen LogP contribution >= 0.6 is 0 Å². The standard InChI is InChI=1S/C12H23N3/c1-12(14,10-13)8-3-4-9-15(2)11-6-5-7-11/h11H,3-9,14H2,1-2H3. The molecule has 0 amide bonds. The second-order valence-corrected chi connectivity index (χ2v) is 5.05. The zero-order chi connectivity index (χ0) is 11.3. The van der Waals surface area contributed by atoms with Crippen LogP contribution in [0.15, 0.2) is 0 Å². The molecule has 3 heteroatoms. The Balaban J connectivity index is 2.04. The van der Waals surface area contributed by atoms with Gasteiger partial charge >= 0.3 is 0 Å². The van der Waals surface area contributed by atoms with E-state index in [1.807, 2.05) is 6.92 Å². The normalized spacial score (nSPS) is 20.7. The van der Waals surface area contributed by atoms with Crippen LogP contribution < -0.4 is 5.73 Å². The van der Waals surface area contributed by atoms with E-state index in [1.54, 1.807) is 0 Å². The van der Waals surface area contributed by atoms with Gasteiger partial charge in [-0.1, -0.05) is 6.42 Å². The molecule has 1 saturated carbocycles. The highest BCUT2D eigenvalue weighted by Crippen LogP contribution is 2.23. The lowest BCUT2D eigenvalue weighted by molar-refractivity contribution is 0.156. The maximum atomic E-state index is 8.75. The monoisotopic (exact) mass is 209 g/mol. The van der Waals surface area contributed by atoms with E-state index in [9.17, 15) is 0 Å². The second-order valence-electron chi connectivity index (χ2n) is 5.05. The van der Waals surface area contributed by atoms with Gasteiger partial charge in [-0.15, -0.1) is 0 Å². The molecular weight excluding hydrogens is 186 g/mol. The molecule has 1 rings (SSSR count). The van der Waals surface area contributed by atoms with Gasteiger partial charge in [0.1, 0.15) is 5.54 Å². The molecule has 3 nitrogen and oxygen atoms in total. The molecule has 0 radical (unpaired) electrons.